The van der Waals surface area contributed by atoms with Gasteiger partial charge in [0.15, 0.2) is 0 Å². The van der Waals surface area contributed by atoms with Gasteiger partial charge >= 0.3 is 11.8 Å². The fourth-order valence-corrected chi connectivity index (χ4v) is 2.63. The van der Waals surface area contributed by atoms with E-state index in [1.165, 1.54) is 4.68 Å². The highest BCUT2D eigenvalue weighted by atomic mass is 35.5. The summed E-state index contributed by atoms with van der Waals surface area (Å²) >= 11 is 5.99. The predicted octanol–water partition coefficient (Wildman–Crippen LogP) is 3.02. The Morgan fingerprint density at radius 1 is 1.45 bits per heavy atom. The highest BCUT2D eigenvalue weighted by molar-refractivity contribution is 6.31. The zero-order chi connectivity index (χ0) is 16.5. The molecule has 9 heteroatoms. The number of hydrogen-bond acceptors (Lipinski definition) is 5. The second-order valence-electron chi connectivity index (χ2n) is 6.22. The minimum Gasteiger partial charge on any atom is -0.444 e. The van der Waals surface area contributed by atoms with E-state index in [0.717, 1.165) is 6.20 Å². The normalized spacial score (nSPS) is 16.6. The van der Waals surface area contributed by atoms with E-state index in [1.807, 2.05) is 20.8 Å². The number of carbonyl (C=O) groups excluding carboxylic acids is 1. The minimum absolute atomic E-state index is 0.0284. The van der Waals surface area contributed by atoms with Gasteiger partial charge in [-0.1, -0.05) is 11.6 Å². The Labute approximate surface area is 133 Å². The van der Waals surface area contributed by atoms with Crippen molar-refractivity contribution >= 4 is 23.4 Å². The molecule has 8 nitrogen and oxygen atoms in total. The number of nitro groups is 1. The third kappa shape index (κ3) is 3.68. The SMILES string of the molecule is CC(C)(C)OC(=O)N1CCC(n2ncc([N+](=O)[O-])c2Cl)CC1. The maximum absolute atomic E-state index is 12.0. The van der Waals surface area contributed by atoms with Gasteiger partial charge in [-0.3, -0.25) is 10.1 Å². The highest BCUT2D eigenvalue weighted by Gasteiger charge is 2.30. The van der Waals surface area contributed by atoms with Gasteiger partial charge in [-0.25, -0.2) is 9.48 Å². The van der Waals surface area contributed by atoms with E-state index < -0.39 is 10.5 Å². The van der Waals surface area contributed by atoms with Crippen molar-refractivity contribution < 1.29 is 14.5 Å². The Kier molecular flexibility index (Phi) is 4.60. The maximum Gasteiger partial charge on any atom is 0.410 e. The molecule has 0 saturated carbocycles. The summed E-state index contributed by atoms with van der Waals surface area (Å²) in [7, 11) is 0. The summed E-state index contributed by atoms with van der Waals surface area (Å²) in [6, 6.07) is -0.0557. The molecular formula is C13H19ClN4O4. The molecule has 122 valence electrons. The van der Waals surface area contributed by atoms with Gasteiger partial charge in [0.1, 0.15) is 11.8 Å². The van der Waals surface area contributed by atoms with E-state index in [1.54, 1.807) is 4.90 Å². The summed E-state index contributed by atoms with van der Waals surface area (Å²) < 4.78 is 6.79. The van der Waals surface area contributed by atoms with Gasteiger partial charge in [0.2, 0.25) is 5.15 Å². The quantitative estimate of drug-likeness (QED) is 0.614. The molecule has 0 aromatic carbocycles. The Balaban J connectivity index is 1.98. The van der Waals surface area contributed by atoms with Crippen LogP contribution in [0.1, 0.15) is 39.7 Å². The largest absolute Gasteiger partial charge is 0.444 e. The molecule has 0 bridgehead atoms. The monoisotopic (exact) mass is 330 g/mol. The van der Waals surface area contributed by atoms with Crippen LogP contribution in [0.3, 0.4) is 0 Å². The van der Waals surface area contributed by atoms with Gasteiger partial charge in [0.25, 0.3) is 0 Å². The number of piperidine rings is 1. The molecule has 1 fully saturated rings. The smallest absolute Gasteiger partial charge is 0.410 e. The number of nitrogens with zero attached hydrogens (tertiary/aromatic N) is 4. The Morgan fingerprint density at radius 2 is 2.05 bits per heavy atom. The van der Waals surface area contributed by atoms with Crippen molar-refractivity contribution in [3.8, 4) is 0 Å². The van der Waals surface area contributed by atoms with Gasteiger partial charge in [0, 0.05) is 13.1 Å². The first-order chi connectivity index (χ1) is 10.2. The summed E-state index contributed by atoms with van der Waals surface area (Å²) in [6.45, 7) is 6.47. The Bertz CT molecular complexity index is 573. The lowest BCUT2D eigenvalue weighted by atomic mass is 10.1. The number of amides is 1. The number of halogens is 1. The first-order valence-corrected chi connectivity index (χ1v) is 7.42. The van der Waals surface area contributed by atoms with Gasteiger partial charge in [-0.2, -0.15) is 5.10 Å². The molecule has 1 amide bonds. The van der Waals surface area contributed by atoms with Gasteiger partial charge in [0.05, 0.1) is 11.0 Å². The number of ether oxygens (including phenoxy) is 1. The van der Waals surface area contributed by atoms with Crippen LogP contribution in [0.5, 0.6) is 0 Å². The van der Waals surface area contributed by atoms with Gasteiger partial charge in [-0.05, 0) is 33.6 Å². The van der Waals surface area contributed by atoms with Crippen LogP contribution in [0.4, 0.5) is 10.5 Å². The molecule has 0 spiro atoms. The number of aromatic nitrogens is 2. The van der Waals surface area contributed by atoms with Gasteiger partial charge < -0.3 is 9.64 Å². The molecule has 1 aliphatic rings. The lowest BCUT2D eigenvalue weighted by Gasteiger charge is -2.33. The van der Waals surface area contributed by atoms with E-state index >= 15 is 0 Å². The van der Waals surface area contributed by atoms with E-state index in [2.05, 4.69) is 5.10 Å². The van der Waals surface area contributed by atoms with Crippen LogP contribution in [0, 0.1) is 10.1 Å². The van der Waals surface area contributed by atoms with E-state index in [4.69, 9.17) is 16.3 Å². The van der Waals surface area contributed by atoms with Crippen LogP contribution >= 0.6 is 11.6 Å². The fourth-order valence-electron chi connectivity index (χ4n) is 2.33. The molecule has 1 saturated heterocycles. The van der Waals surface area contributed by atoms with E-state index in [-0.39, 0.29) is 23.0 Å². The Hall–Kier alpha value is -1.83. The van der Waals surface area contributed by atoms with Crippen LogP contribution < -0.4 is 0 Å². The first-order valence-electron chi connectivity index (χ1n) is 7.04. The molecule has 1 aromatic rings. The number of likely N-dealkylation sites (tertiary alicyclic amines) is 1. The fraction of sp³-hybridized carbons (Fsp3) is 0.692. The van der Waals surface area contributed by atoms with Crippen LogP contribution in [0.25, 0.3) is 0 Å². The molecule has 0 N–H and O–H groups in total. The van der Waals surface area contributed by atoms with Crippen molar-refractivity contribution in [1.82, 2.24) is 14.7 Å². The third-order valence-corrected chi connectivity index (χ3v) is 3.74. The summed E-state index contributed by atoms with van der Waals surface area (Å²) in [5.74, 6) is 0. The molecule has 2 rings (SSSR count). The second-order valence-corrected chi connectivity index (χ2v) is 6.58. The number of rotatable bonds is 2. The summed E-state index contributed by atoms with van der Waals surface area (Å²) in [5.41, 5.74) is -0.726. The van der Waals surface area contributed by atoms with E-state index in [0.29, 0.717) is 25.9 Å². The number of carbonyl (C=O) groups is 1. The average molecular weight is 331 g/mol. The standard InChI is InChI=1S/C13H19ClN4O4/c1-13(2,3)22-12(19)16-6-4-9(5-7-16)17-11(14)10(8-15-17)18(20)21/h8-9H,4-7H2,1-3H3. The topological polar surface area (TPSA) is 90.5 Å². The third-order valence-electron chi connectivity index (χ3n) is 3.38. The summed E-state index contributed by atoms with van der Waals surface area (Å²) in [5, 5.41) is 14.8. The molecule has 0 aliphatic carbocycles. The van der Waals surface area contributed by atoms with Crippen LogP contribution in [-0.4, -0.2) is 44.4 Å². The van der Waals surface area contributed by atoms with Gasteiger partial charge in [-0.15, -0.1) is 0 Å². The highest BCUT2D eigenvalue weighted by Crippen LogP contribution is 2.31. The molecule has 0 atom stereocenters. The molecule has 1 aliphatic heterocycles. The minimum atomic E-state index is -0.554. The predicted molar refractivity (Wildman–Crippen MR) is 80.0 cm³/mol. The summed E-state index contributed by atoms with van der Waals surface area (Å²) in [4.78, 5) is 23.9. The molecule has 22 heavy (non-hydrogen) atoms. The van der Waals surface area contributed by atoms with Crippen molar-refractivity contribution in [1.29, 1.82) is 0 Å². The van der Waals surface area contributed by atoms with Crippen LogP contribution in [0.2, 0.25) is 5.15 Å². The first kappa shape index (κ1) is 16.5. The Morgan fingerprint density at radius 3 is 2.50 bits per heavy atom. The van der Waals surface area contributed by atoms with Crippen molar-refractivity contribution in [3.05, 3.63) is 21.5 Å². The zero-order valence-electron chi connectivity index (χ0n) is 12.8. The second kappa shape index (κ2) is 6.12. The van der Waals surface area contributed by atoms with E-state index in [9.17, 15) is 14.9 Å². The maximum atomic E-state index is 12.0. The zero-order valence-corrected chi connectivity index (χ0v) is 13.5. The molecule has 1 aromatic heterocycles. The molecular weight excluding hydrogens is 312 g/mol. The molecule has 0 unspecified atom stereocenters. The van der Waals surface area contributed by atoms with Crippen LogP contribution in [0.15, 0.2) is 6.20 Å². The summed E-state index contributed by atoms with van der Waals surface area (Å²) in [6.07, 6.45) is 2.06. The van der Waals surface area contributed by atoms with Crippen LogP contribution in [-0.2, 0) is 4.74 Å². The number of hydrogen-bond donors (Lipinski definition) is 0. The van der Waals surface area contributed by atoms with Crippen molar-refractivity contribution in [2.24, 2.45) is 0 Å². The molecule has 0 radical (unpaired) electrons. The lowest BCUT2D eigenvalue weighted by Crippen LogP contribution is -2.42. The lowest BCUT2D eigenvalue weighted by molar-refractivity contribution is -0.384. The van der Waals surface area contributed by atoms with Crippen molar-refractivity contribution in [2.75, 3.05) is 13.1 Å². The molecule has 2 heterocycles. The van der Waals surface area contributed by atoms with Crippen molar-refractivity contribution in [2.45, 2.75) is 45.3 Å². The average Bonchev–Trinajstić information content (AvgIpc) is 2.79. The van der Waals surface area contributed by atoms with Crippen molar-refractivity contribution in [3.63, 3.8) is 0 Å².